The molecular formula is C11H9BrN2O3. The lowest BCUT2D eigenvalue weighted by molar-refractivity contribution is 0.0690. The van der Waals surface area contributed by atoms with Crippen LogP contribution < -0.4 is 0 Å². The molecule has 2 rings (SSSR count). The van der Waals surface area contributed by atoms with Gasteiger partial charge in [-0.2, -0.15) is 5.10 Å². The molecular weight excluding hydrogens is 288 g/mol. The molecule has 3 N–H and O–H groups in total. The lowest BCUT2D eigenvalue weighted by Crippen LogP contribution is -1.95. The Morgan fingerprint density at radius 1 is 1.41 bits per heavy atom. The number of aromatic carboxylic acids is 1. The molecule has 0 atom stereocenters. The minimum Gasteiger partial charge on any atom is -0.506 e. The summed E-state index contributed by atoms with van der Waals surface area (Å²) in [7, 11) is 0. The molecule has 0 saturated carbocycles. The molecule has 1 heterocycles. The van der Waals surface area contributed by atoms with Gasteiger partial charge in [0.1, 0.15) is 11.4 Å². The van der Waals surface area contributed by atoms with Crippen molar-refractivity contribution >= 4 is 21.9 Å². The molecule has 1 aromatic heterocycles. The number of hydrogen-bond acceptors (Lipinski definition) is 3. The number of rotatable bonds is 2. The van der Waals surface area contributed by atoms with E-state index in [0.717, 1.165) is 5.56 Å². The summed E-state index contributed by atoms with van der Waals surface area (Å²) >= 11 is 3.23. The van der Waals surface area contributed by atoms with Crippen LogP contribution in [0.2, 0.25) is 0 Å². The van der Waals surface area contributed by atoms with Crippen molar-refractivity contribution in [1.29, 1.82) is 0 Å². The molecule has 0 spiro atoms. The second kappa shape index (κ2) is 4.21. The Balaban J connectivity index is 2.49. The van der Waals surface area contributed by atoms with Gasteiger partial charge in [-0.05, 0) is 46.6 Å². The maximum absolute atomic E-state index is 10.7. The summed E-state index contributed by atoms with van der Waals surface area (Å²) in [5.74, 6) is -0.888. The summed E-state index contributed by atoms with van der Waals surface area (Å²) in [5, 5.41) is 24.7. The smallest absolute Gasteiger partial charge is 0.353 e. The van der Waals surface area contributed by atoms with Crippen molar-refractivity contribution in [3.05, 3.63) is 33.9 Å². The summed E-state index contributed by atoms with van der Waals surface area (Å²) in [5.41, 5.74) is 1.97. The SMILES string of the molecule is Cc1cc(-c2cc(C(=O)O)[nH]n2)cc(Br)c1O. The molecule has 0 fully saturated rings. The molecule has 88 valence electrons. The van der Waals surface area contributed by atoms with Crippen molar-refractivity contribution in [2.75, 3.05) is 0 Å². The molecule has 0 aliphatic carbocycles. The van der Waals surface area contributed by atoms with Crippen LogP contribution in [0.5, 0.6) is 5.75 Å². The Kier molecular flexibility index (Phi) is 2.89. The van der Waals surface area contributed by atoms with Crippen LogP contribution >= 0.6 is 15.9 Å². The van der Waals surface area contributed by atoms with Crippen molar-refractivity contribution in [3.63, 3.8) is 0 Å². The van der Waals surface area contributed by atoms with Gasteiger partial charge >= 0.3 is 5.97 Å². The van der Waals surface area contributed by atoms with Crippen molar-refractivity contribution in [3.8, 4) is 17.0 Å². The summed E-state index contributed by atoms with van der Waals surface area (Å²) in [6.45, 7) is 1.76. The minimum atomic E-state index is -1.06. The standard InChI is InChI=1S/C11H9BrN2O3/c1-5-2-6(3-7(12)10(5)15)8-4-9(11(16)17)14-13-8/h2-4,15H,1H3,(H,13,14)(H,16,17). The Hall–Kier alpha value is -1.82. The third kappa shape index (κ3) is 2.16. The van der Waals surface area contributed by atoms with Gasteiger partial charge in [-0.25, -0.2) is 4.79 Å². The first-order chi connectivity index (χ1) is 7.99. The minimum absolute atomic E-state index is 0.0295. The summed E-state index contributed by atoms with van der Waals surface area (Å²) in [6, 6.07) is 4.87. The molecule has 2 aromatic rings. The fourth-order valence-corrected chi connectivity index (χ4v) is 2.02. The van der Waals surface area contributed by atoms with E-state index >= 15 is 0 Å². The highest BCUT2D eigenvalue weighted by atomic mass is 79.9. The van der Waals surface area contributed by atoms with E-state index in [1.54, 1.807) is 19.1 Å². The average molecular weight is 297 g/mol. The van der Waals surface area contributed by atoms with Crippen molar-refractivity contribution < 1.29 is 15.0 Å². The number of carbonyl (C=O) groups is 1. The number of nitrogens with one attached hydrogen (secondary N) is 1. The molecule has 5 nitrogen and oxygen atoms in total. The highest BCUT2D eigenvalue weighted by molar-refractivity contribution is 9.10. The van der Waals surface area contributed by atoms with Crippen LogP contribution in [0, 0.1) is 6.92 Å². The molecule has 1 aromatic carbocycles. The Morgan fingerprint density at radius 2 is 2.12 bits per heavy atom. The topological polar surface area (TPSA) is 86.2 Å². The Morgan fingerprint density at radius 3 is 2.65 bits per heavy atom. The lowest BCUT2D eigenvalue weighted by atomic mass is 10.1. The summed E-state index contributed by atoms with van der Waals surface area (Å²) in [6.07, 6.45) is 0. The number of aromatic amines is 1. The number of phenolic OH excluding ortho intramolecular Hbond substituents is 1. The van der Waals surface area contributed by atoms with Gasteiger partial charge in [-0.3, -0.25) is 5.10 Å². The number of halogens is 1. The lowest BCUT2D eigenvalue weighted by Gasteiger charge is -2.04. The normalized spacial score (nSPS) is 10.5. The number of H-pyrrole nitrogens is 1. The largest absolute Gasteiger partial charge is 0.506 e. The number of aromatic hydroxyl groups is 1. The Bertz CT molecular complexity index is 569. The molecule has 0 saturated heterocycles. The van der Waals surface area contributed by atoms with Crippen molar-refractivity contribution in [2.45, 2.75) is 6.92 Å². The molecule has 0 bridgehead atoms. The fourth-order valence-electron chi connectivity index (χ4n) is 1.46. The zero-order valence-electron chi connectivity index (χ0n) is 8.86. The number of benzene rings is 1. The molecule has 0 radical (unpaired) electrons. The summed E-state index contributed by atoms with van der Waals surface area (Å²) < 4.78 is 0.548. The van der Waals surface area contributed by atoms with E-state index < -0.39 is 5.97 Å². The van der Waals surface area contributed by atoms with Gasteiger partial charge in [0.2, 0.25) is 0 Å². The van der Waals surface area contributed by atoms with Gasteiger partial charge in [0.05, 0.1) is 10.2 Å². The third-order valence-electron chi connectivity index (χ3n) is 2.36. The number of carboxylic acids is 1. The maximum atomic E-state index is 10.7. The predicted octanol–water partition coefficient (Wildman–Crippen LogP) is 2.55. The van der Waals surface area contributed by atoms with Gasteiger partial charge in [0, 0.05) is 5.56 Å². The van der Waals surface area contributed by atoms with Crippen LogP contribution in [-0.2, 0) is 0 Å². The molecule has 0 unspecified atom stereocenters. The molecule has 0 amide bonds. The van der Waals surface area contributed by atoms with E-state index in [4.69, 9.17) is 5.11 Å². The number of phenols is 1. The van der Waals surface area contributed by atoms with E-state index in [0.29, 0.717) is 15.7 Å². The summed E-state index contributed by atoms with van der Waals surface area (Å²) in [4.78, 5) is 10.7. The number of aromatic nitrogens is 2. The van der Waals surface area contributed by atoms with Crippen LogP contribution in [0.3, 0.4) is 0 Å². The Labute approximate surface area is 105 Å². The first-order valence-electron chi connectivity index (χ1n) is 4.77. The zero-order valence-corrected chi connectivity index (χ0v) is 10.4. The molecule has 0 aliphatic rings. The third-order valence-corrected chi connectivity index (χ3v) is 2.96. The highest BCUT2D eigenvalue weighted by Crippen LogP contribution is 2.32. The highest BCUT2D eigenvalue weighted by Gasteiger charge is 2.11. The first-order valence-corrected chi connectivity index (χ1v) is 5.56. The second-order valence-corrected chi connectivity index (χ2v) is 4.45. The zero-order chi connectivity index (χ0) is 12.6. The van der Waals surface area contributed by atoms with Crippen LogP contribution in [0.15, 0.2) is 22.7 Å². The maximum Gasteiger partial charge on any atom is 0.353 e. The van der Waals surface area contributed by atoms with Crippen LogP contribution in [0.1, 0.15) is 16.1 Å². The van der Waals surface area contributed by atoms with Gasteiger partial charge in [-0.1, -0.05) is 0 Å². The van der Waals surface area contributed by atoms with E-state index in [-0.39, 0.29) is 11.4 Å². The van der Waals surface area contributed by atoms with Crippen LogP contribution in [0.25, 0.3) is 11.3 Å². The van der Waals surface area contributed by atoms with E-state index in [2.05, 4.69) is 26.1 Å². The van der Waals surface area contributed by atoms with E-state index in [9.17, 15) is 9.90 Å². The van der Waals surface area contributed by atoms with Crippen molar-refractivity contribution in [1.82, 2.24) is 10.2 Å². The molecule has 17 heavy (non-hydrogen) atoms. The van der Waals surface area contributed by atoms with Gasteiger partial charge in [0.15, 0.2) is 0 Å². The van der Waals surface area contributed by atoms with Gasteiger partial charge in [0.25, 0.3) is 0 Å². The van der Waals surface area contributed by atoms with Gasteiger partial charge in [-0.15, -0.1) is 0 Å². The second-order valence-electron chi connectivity index (χ2n) is 3.60. The monoisotopic (exact) mass is 296 g/mol. The number of nitrogens with zero attached hydrogens (tertiary/aromatic N) is 1. The van der Waals surface area contributed by atoms with Crippen LogP contribution in [0.4, 0.5) is 0 Å². The van der Waals surface area contributed by atoms with Gasteiger partial charge < -0.3 is 10.2 Å². The quantitative estimate of drug-likeness (QED) is 0.795. The number of aryl methyl sites for hydroxylation is 1. The first kappa shape index (κ1) is 11.7. The fraction of sp³-hybridized carbons (Fsp3) is 0.0909. The molecule has 6 heteroatoms. The number of hydrogen-bond donors (Lipinski definition) is 3. The van der Waals surface area contributed by atoms with Crippen LogP contribution in [-0.4, -0.2) is 26.4 Å². The number of carboxylic acid groups (broad SMARTS) is 1. The van der Waals surface area contributed by atoms with E-state index in [1.165, 1.54) is 6.07 Å². The predicted molar refractivity (Wildman–Crippen MR) is 65.1 cm³/mol. The van der Waals surface area contributed by atoms with E-state index in [1.807, 2.05) is 0 Å². The average Bonchev–Trinajstić information content (AvgIpc) is 2.74. The molecule has 0 aliphatic heterocycles. The van der Waals surface area contributed by atoms with Crippen molar-refractivity contribution in [2.24, 2.45) is 0 Å².